The maximum Gasteiger partial charge on any atom is 0.125 e. The van der Waals surface area contributed by atoms with E-state index in [4.69, 9.17) is 0 Å². The molecular weight excluding hydrogens is 210 g/mol. The van der Waals surface area contributed by atoms with Crippen LogP contribution in [0.1, 0.15) is 40.2 Å². The molecule has 2 N–H and O–H groups in total. The number of hydrogen-bond acceptors (Lipinski definition) is 3. The number of nitrogens with zero attached hydrogens (tertiary/aromatic N) is 1. The van der Waals surface area contributed by atoms with Gasteiger partial charge in [-0.1, -0.05) is 40.7 Å². The van der Waals surface area contributed by atoms with Crippen molar-refractivity contribution in [1.82, 2.24) is 10.3 Å². The third kappa shape index (κ3) is 5.18. The zero-order chi connectivity index (χ0) is 12.9. The Morgan fingerprint density at radius 2 is 1.88 bits per heavy atom. The highest BCUT2D eigenvalue weighted by molar-refractivity contribution is 5.37. The van der Waals surface area contributed by atoms with E-state index in [9.17, 15) is 0 Å². The molecule has 1 aromatic rings. The maximum atomic E-state index is 4.42. The molecule has 0 aliphatic carbocycles. The summed E-state index contributed by atoms with van der Waals surface area (Å²) in [4.78, 5) is 4.42. The molecule has 0 saturated carbocycles. The van der Waals surface area contributed by atoms with Gasteiger partial charge in [0.05, 0.1) is 0 Å². The maximum absolute atomic E-state index is 4.42. The summed E-state index contributed by atoms with van der Waals surface area (Å²) in [7, 11) is 0. The fraction of sp³-hybridized carbons (Fsp3) is 0.643. The van der Waals surface area contributed by atoms with Crippen LogP contribution in [0.25, 0.3) is 0 Å². The summed E-state index contributed by atoms with van der Waals surface area (Å²) in [6.45, 7) is 12.8. The molecule has 0 fully saturated rings. The van der Waals surface area contributed by atoms with Crippen molar-refractivity contribution in [1.29, 1.82) is 0 Å². The molecule has 1 aromatic heterocycles. The Bertz CT molecular complexity index is 322. The fourth-order valence-electron chi connectivity index (χ4n) is 1.49. The van der Waals surface area contributed by atoms with Crippen molar-refractivity contribution < 1.29 is 0 Å². The molecule has 0 radical (unpaired) electrons. The molecule has 0 aliphatic rings. The molecule has 0 amide bonds. The van der Waals surface area contributed by atoms with Gasteiger partial charge in [0.2, 0.25) is 0 Å². The van der Waals surface area contributed by atoms with E-state index in [0.717, 1.165) is 18.9 Å². The zero-order valence-electron chi connectivity index (χ0n) is 11.7. The van der Waals surface area contributed by atoms with Gasteiger partial charge in [-0.2, -0.15) is 0 Å². The van der Waals surface area contributed by atoms with Gasteiger partial charge in [0.15, 0.2) is 0 Å². The van der Waals surface area contributed by atoms with E-state index in [1.807, 2.05) is 6.20 Å². The highest BCUT2D eigenvalue weighted by atomic mass is 15.0. The topological polar surface area (TPSA) is 37.0 Å². The molecule has 1 heterocycles. The van der Waals surface area contributed by atoms with Gasteiger partial charge in [-0.05, 0) is 17.0 Å². The van der Waals surface area contributed by atoms with Crippen molar-refractivity contribution in [3.63, 3.8) is 0 Å². The molecule has 3 heteroatoms. The standard InChI is InChI=1S/C14H25N3/c1-11(2)15-8-9-16-13-7-6-12(10-17-13)14(3,4)5/h6-7,10-11,15H,8-9H2,1-5H3,(H,16,17). The minimum atomic E-state index is 0.171. The van der Waals surface area contributed by atoms with Gasteiger partial charge in [0.25, 0.3) is 0 Å². The second-order valence-electron chi connectivity index (χ2n) is 5.72. The highest BCUT2D eigenvalue weighted by Gasteiger charge is 2.13. The summed E-state index contributed by atoms with van der Waals surface area (Å²) in [5, 5.41) is 6.67. The van der Waals surface area contributed by atoms with E-state index < -0.39 is 0 Å². The predicted octanol–water partition coefficient (Wildman–Crippen LogP) is 2.79. The Kier molecular flexibility index (Phi) is 4.94. The number of rotatable bonds is 5. The Balaban J connectivity index is 2.41. The molecule has 96 valence electrons. The van der Waals surface area contributed by atoms with Crippen molar-refractivity contribution in [2.45, 2.75) is 46.1 Å². The number of aromatic nitrogens is 1. The molecule has 1 rings (SSSR count). The fourth-order valence-corrected chi connectivity index (χ4v) is 1.49. The van der Waals surface area contributed by atoms with Crippen molar-refractivity contribution in [3.8, 4) is 0 Å². The number of nitrogens with one attached hydrogen (secondary N) is 2. The minimum absolute atomic E-state index is 0.171. The molecule has 0 atom stereocenters. The van der Waals surface area contributed by atoms with Gasteiger partial charge < -0.3 is 10.6 Å². The lowest BCUT2D eigenvalue weighted by molar-refractivity contribution is 0.587. The van der Waals surface area contributed by atoms with Crippen molar-refractivity contribution >= 4 is 5.82 Å². The van der Waals surface area contributed by atoms with E-state index >= 15 is 0 Å². The predicted molar refractivity (Wildman–Crippen MR) is 74.6 cm³/mol. The normalized spacial score (nSPS) is 11.9. The molecule has 0 unspecified atom stereocenters. The molecule has 0 aliphatic heterocycles. The Morgan fingerprint density at radius 3 is 2.35 bits per heavy atom. The third-order valence-electron chi connectivity index (χ3n) is 2.61. The molecule has 0 spiro atoms. The first-order valence-electron chi connectivity index (χ1n) is 6.33. The monoisotopic (exact) mass is 235 g/mol. The molecule has 0 bridgehead atoms. The van der Waals surface area contributed by atoms with Crippen molar-refractivity contribution in [2.24, 2.45) is 0 Å². The van der Waals surface area contributed by atoms with Crippen LogP contribution in [0.2, 0.25) is 0 Å². The number of anilines is 1. The second-order valence-corrected chi connectivity index (χ2v) is 5.72. The second kappa shape index (κ2) is 6.01. The first-order valence-corrected chi connectivity index (χ1v) is 6.33. The van der Waals surface area contributed by atoms with Gasteiger partial charge in [-0.15, -0.1) is 0 Å². The van der Waals surface area contributed by atoms with E-state index in [0.29, 0.717) is 6.04 Å². The molecule has 17 heavy (non-hydrogen) atoms. The SMILES string of the molecule is CC(C)NCCNc1ccc(C(C)(C)C)cn1. The van der Waals surface area contributed by atoms with E-state index in [2.05, 4.69) is 62.4 Å². The Morgan fingerprint density at radius 1 is 1.18 bits per heavy atom. The summed E-state index contributed by atoms with van der Waals surface area (Å²) in [5.41, 5.74) is 1.44. The van der Waals surface area contributed by atoms with Gasteiger partial charge in [-0.25, -0.2) is 4.98 Å². The average molecular weight is 235 g/mol. The van der Waals surface area contributed by atoms with Crippen LogP contribution >= 0.6 is 0 Å². The van der Waals surface area contributed by atoms with Crippen LogP contribution in [-0.2, 0) is 5.41 Å². The van der Waals surface area contributed by atoms with Crippen LogP contribution in [0.3, 0.4) is 0 Å². The van der Waals surface area contributed by atoms with Crippen LogP contribution in [0.4, 0.5) is 5.82 Å². The van der Waals surface area contributed by atoms with E-state index in [-0.39, 0.29) is 5.41 Å². The molecule has 0 aromatic carbocycles. The van der Waals surface area contributed by atoms with Crippen molar-refractivity contribution in [3.05, 3.63) is 23.9 Å². The third-order valence-corrected chi connectivity index (χ3v) is 2.61. The number of hydrogen-bond donors (Lipinski definition) is 2. The van der Waals surface area contributed by atoms with Gasteiger partial charge in [-0.3, -0.25) is 0 Å². The number of pyridine rings is 1. The van der Waals surface area contributed by atoms with Crippen LogP contribution in [0.5, 0.6) is 0 Å². The highest BCUT2D eigenvalue weighted by Crippen LogP contribution is 2.21. The van der Waals surface area contributed by atoms with Gasteiger partial charge in [0.1, 0.15) is 5.82 Å². The average Bonchev–Trinajstić information content (AvgIpc) is 2.23. The summed E-state index contributed by atoms with van der Waals surface area (Å²) in [6.07, 6.45) is 1.96. The first kappa shape index (κ1) is 14.0. The lowest BCUT2D eigenvalue weighted by atomic mass is 9.88. The quantitative estimate of drug-likeness (QED) is 0.771. The van der Waals surface area contributed by atoms with Crippen LogP contribution in [-0.4, -0.2) is 24.1 Å². The molecular formula is C14H25N3. The van der Waals surface area contributed by atoms with E-state index in [1.54, 1.807) is 0 Å². The minimum Gasteiger partial charge on any atom is -0.369 e. The smallest absolute Gasteiger partial charge is 0.125 e. The Labute approximate surface area is 105 Å². The van der Waals surface area contributed by atoms with Crippen LogP contribution in [0.15, 0.2) is 18.3 Å². The zero-order valence-corrected chi connectivity index (χ0v) is 11.7. The Hall–Kier alpha value is -1.09. The summed E-state index contributed by atoms with van der Waals surface area (Å²) in [6, 6.07) is 4.73. The largest absolute Gasteiger partial charge is 0.369 e. The first-order chi connectivity index (χ1) is 7.89. The van der Waals surface area contributed by atoms with Crippen LogP contribution < -0.4 is 10.6 Å². The summed E-state index contributed by atoms with van der Waals surface area (Å²) < 4.78 is 0. The van der Waals surface area contributed by atoms with Gasteiger partial charge >= 0.3 is 0 Å². The van der Waals surface area contributed by atoms with E-state index in [1.165, 1.54) is 5.56 Å². The van der Waals surface area contributed by atoms with Crippen LogP contribution in [0, 0.1) is 0 Å². The molecule has 0 saturated heterocycles. The van der Waals surface area contributed by atoms with Gasteiger partial charge in [0, 0.05) is 25.3 Å². The van der Waals surface area contributed by atoms with Crippen molar-refractivity contribution in [2.75, 3.05) is 18.4 Å². The lowest BCUT2D eigenvalue weighted by Gasteiger charge is -2.18. The summed E-state index contributed by atoms with van der Waals surface area (Å²) in [5.74, 6) is 0.948. The molecule has 3 nitrogen and oxygen atoms in total. The summed E-state index contributed by atoms with van der Waals surface area (Å²) >= 11 is 0. The lowest BCUT2D eigenvalue weighted by Crippen LogP contribution is -2.28.